The maximum absolute atomic E-state index is 12.8. The van der Waals surface area contributed by atoms with Gasteiger partial charge >= 0.3 is 5.97 Å². The molecule has 0 unspecified atom stereocenters. The van der Waals surface area contributed by atoms with E-state index in [9.17, 15) is 14.7 Å². The Morgan fingerprint density at radius 2 is 1.52 bits per heavy atom. The zero-order chi connectivity index (χ0) is 17.4. The van der Waals surface area contributed by atoms with Crippen LogP contribution in [-0.4, -0.2) is 23.0 Å². The predicted octanol–water partition coefficient (Wildman–Crippen LogP) is 3.97. The van der Waals surface area contributed by atoms with E-state index in [0.29, 0.717) is 22.6 Å². The van der Waals surface area contributed by atoms with Gasteiger partial charge in [-0.1, -0.05) is 55.7 Å². The Morgan fingerprint density at radius 1 is 0.920 bits per heavy atom. The predicted molar refractivity (Wildman–Crippen MR) is 95.5 cm³/mol. The van der Waals surface area contributed by atoms with Gasteiger partial charge in [0.1, 0.15) is 0 Å². The van der Waals surface area contributed by atoms with Crippen LogP contribution in [0.1, 0.15) is 46.4 Å². The van der Waals surface area contributed by atoms with Crippen LogP contribution in [0.5, 0.6) is 0 Å². The third-order valence-corrected chi connectivity index (χ3v) is 5.53. The van der Waals surface area contributed by atoms with Crippen LogP contribution in [0.15, 0.2) is 48.5 Å². The summed E-state index contributed by atoms with van der Waals surface area (Å²) >= 11 is 0. The van der Waals surface area contributed by atoms with Crippen molar-refractivity contribution in [2.24, 2.45) is 11.8 Å². The van der Waals surface area contributed by atoms with Gasteiger partial charge in [0.25, 0.3) is 5.91 Å². The minimum Gasteiger partial charge on any atom is -0.478 e. The van der Waals surface area contributed by atoms with Gasteiger partial charge in [0.2, 0.25) is 0 Å². The fourth-order valence-electron chi connectivity index (χ4n) is 3.84. The molecule has 0 saturated heterocycles. The van der Waals surface area contributed by atoms with Crippen LogP contribution in [-0.2, 0) is 0 Å². The maximum Gasteiger partial charge on any atom is 0.336 e. The molecule has 128 valence electrons. The van der Waals surface area contributed by atoms with Crippen molar-refractivity contribution in [2.45, 2.75) is 31.7 Å². The molecule has 2 aromatic rings. The van der Waals surface area contributed by atoms with Crippen LogP contribution in [0, 0.1) is 11.8 Å². The average Bonchev–Trinajstić information content (AvgIpc) is 3.31. The number of hydrogen-bond acceptors (Lipinski definition) is 2. The molecule has 2 fully saturated rings. The summed E-state index contributed by atoms with van der Waals surface area (Å²) in [4.78, 5) is 24.3. The minimum absolute atomic E-state index is 0.109. The van der Waals surface area contributed by atoms with Crippen molar-refractivity contribution in [3.63, 3.8) is 0 Å². The number of rotatable bonds is 5. The van der Waals surface area contributed by atoms with Crippen molar-refractivity contribution in [3.8, 4) is 11.1 Å². The van der Waals surface area contributed by atoms with Crippen molar-refractivity contribution >= 4 is 11.9 Å². The molecular formula is C21H21NO3. The van der Waals surface area contributed by atoms with Gasteiger partial charge in [0.15, 0.2) is 0 Å². The quantitative estimate of drug-likeness (QED) is 0.869. The number of carboxylic acids is 1. The molecule has 0 spiro atoms. The van der Waals surface area contributed by atoms with Crippen LogP contribution in [0.2, 0.25) is 0 Å². The number of hydrogen-bond donors (Lipinski definition) is 2. The lowest BCUT2D eigenvalue weighted by atomic mass is 9.81. The number of carboxylic acid groups (broad SMARTS) is 1. The number of benzene rings is 2. The number of amides is 1. The maximum atomic E-state index is 12.8. The molecule has 0 aliphatic heterocycles. The van der Waals surface area contributed by atoms with Crippen molar-refractivity contribution in [3.05, 3.63) is 59.7 Å². The summed E-state index contributed by atoms with van der Waals surface area (Å²) in [5.74, 6) is 0.324. The lowest BCUT2D eigenvalue weighted by Gasteiger charge is -2.25. The summed E-state index contributed by atoms with van der Waals surface area (Å²) in [6, 6.07) is 14.3. The zero-order valence-electron chi connectivity index (χ0n) is 13.9. The van der Waals surface area contributed by atoms with Crippen LogP contribution < -0.4 is 5.32 Å². The fourth-order valence-corrected chi connectivity index (χ4v) is 3.84. The Kier molecular flexibility index (Phi) is 4.04. The molecule has 4 heteroatoms. The third-order valence-electron chi connectivity index (χ3n) is 5.53. The lowest BCUT2D eigenvalue weighted by Crippen LogP contribution is -2.29. The summed E-state index contributed by atoms with van der Waals surface area (Å²) in [6.07, 6.45) is 4.97. The van der Waals surface area contributed by atoms with E-state index in [1.807, 2.05) is 18.2 Å². The van der Waals surface area contributed by atoms with Crippen molar-refractivity contribution in [1.29, 1.82) is 0 Å². The van der Waals surface area contributed by atoms with Gasteiger partial charge in [-0.25, -0.2) is 4.79 Å². The van der Waals surface area contributed by atoms with Crippen LogP contribution in [0.4, 0.5) is 0 Å². The van der Waals surface area contributed by atoms with E-state index in [2.05, 4.69) is 5.32 Å². The van der Waals surface area contributed by atoms with E-state index >= 15 is 0 Å². The monoisotopic (exact) mass is 335 g/mol. The molecule has 1 amide bonds. The van der Waals surface area contributed by atoms with Crippen LogP contribution in [0.25, 0.3) is 11.1 Å². The molecule has 4 rings (SSSR count). The Balaban J connectivity index is 1.59. The molecule has 25 heavy (non-hydrogen) atoms. The van der Waals surface area contributed by atoms with Gasteiger partial charge in [0, 0.05) is 11.6 Å². The molecule has 2 N–H and O–H groups in total. The second kappa shape index (κ2) is 6.36. The first-order valence-corrected chi connectivity index (χ1v) is 8.87. The molecule has 2 aliphatic carbocycles. The molecule has 4 nitrogen and oxygen atoms in total. The van der Waals surface area contributed by atoms with Crippen molar-refractivity contribution in [1.82, 2.24) is 5.32 Å². The highest BCUT2D eigenvalue weighted by molar-refractivity contribution is 6.04. The Hall–Kier alpha value is -2.62. The minimum atomic E-state index is -0.988. The second-order valence-corrected chi connectivity index (χ2v) is 7.07. The van der Waals surface area contributed by atoms with Gasteiger partial charge in [-0.2, -0.15) is 0 Å². The molecule has 2 atom stereocenters. The zero-order valence-corrected chi connectivity index (χ0v) is 13.9. The molecule has 2 aromatic carbocycles. The summed E-state index contributed by atoms with van der Waals surface area (Å²) in [5, 5.41) is 12.6. The van der Waals surface area contributed by atoms with Crippen molar-refractivity contribution < 1.29 is 14.7 Å². The van der Waals surface area contributed by atoms with Crippen molar-refractivity contribution in [2.75, 3.05) is 0 Å². The van der Waals surface area contributed by atoms with E-state index in [-0.39, 0.29) is 17.5 Å². The molecule has 2 saturated carbocycles. The molecular weight excluding hydrogens is 314 g/mol. The van der Waals surface area contributed by atoms with E-state index in [1.165, 1.54) is 19.3 Å². The van der Waals surface area contributed by atoms with Crippen LogP contribution >= 0.6 is 0 Å². The summed E-state index contributed by atoms with van der Waals surface area (Å²) in [5.41, 5.74) is 1.99. The van der Waals surface area contributed by atoms with Gasteiger partial charge in [0.05, 0.1) is 5.56 Å². The highest BCUT2D eigenvalue weighted by Crippen LogP contribution is 2.47. The van der Waals surface area contributed by atoms with E-state index in [0.717, 1.165) is 12.3 Å². The largest absolute Gasteiger partial charge is 0.478 e. The van der Waals surface area contributed by atoms with Gasteiger partial charge in [-0.15, -0.1) is 0 Å². The molecule has 2 aliphatic rings. The first kappa shape index (κ1) is 15.9. The van der Waals surface area contributed by atoms with Gasteiger partial charge in [-0.3, -0.25) is 4.79 Å². The number of carbonyl (C=O) groups is 2. The number of nitrogens with one attached hydrogen (secondary N) is 1. The summed E-state index contributed by atoms with van der Waals surface area (Å²) in [7, 11) is 0. The topological polar surface area (TPSA) is 66.4 Å². The smallest absolute Gasteiger partial charge is 0.336 e. The normalized spacial score (nSPS) is 22.1. The first-order valence-electron chi connectivity index (χ1n) is 8.87. The van der Waals surface area contributed by atoms with E-state index < -0.39 is 5.97 Å². The number of aromatic carboxylic acids is 1. The van der Waals surface area contributed by atoms with E-state index in [1.54, 1.807) is 30.3 Å². The Morgan fingerprint density at radius 3 is 2.12 bits per heavy atom. The Bertz CT molecular complexity index is 825. The van der Waals surface area contributed by atoms with Gasteiger partial charge in [-0.05, 0) is 41.5 Å². The highest BCUT2D eigenvalue weighted by Gasteiger charge is 2.45. The van der Waals surface area contributed by atoms with E-state index in [4.69, 9.17) is 0 Å². The standard InChI is InChI=1S/C21H21NO3/c23-20(22-19-12-18(19)13-6-5-7-13)16-10-3-1-8-14(16)15-9-2-4-11-17(15)21(24)25/h1-4,8-11,13,18-19H,5-7,12H2,(H,22,23)(H,24,25)/t18-,19+/m0/s1. The van der Waals surface area contributed by atoms with Gasteiger partial charge < -0.3 is 10.4 Å². The molecule has 0 heterocycles. The SMILES string of the molecule is O=C(O)c1ccccc1-c1ccccc1C(=O)N[C@@H]1C[C@H]1C1CCC1. The lowest BCUT2D eigenvalue weighted by molar-refractivity contribution is 0.0697. The number of carbonyl (C=O) groups excluding carboxylic acids is 1. The summed E-state index contributed by atoms with van der Waals surface area (Å²) < 4.78 is 0. The first-order chi connectivity index (χ1) is 12.1. The third kappa shape index (κ3) is 3.04. The second-order valence-electron chi connectivity index (χ2n) is 7.07. The highest BCUT2D eigenvalue weighted by atomic mass is 16.4. The summed E-state index contributed by atoms with van der Waals surface area (Å²) in [6.45, 7) is 0. The fraction of sp³-hybridized carbons (Fsp3) is 0.333. The molecule has 0 aromatic heterocycles. The Labute approximate surface area is 146 Å². The molecule has 0 radical (unpaired) electrons. The average molecular weight is 335 g/mol. The molecule has 0 bridgehead atoms. The van der Waals surface area contributed by atoms with Crippen LogP contribution in [0.3, 0.4) is 0 Å².